The molecular formula is C10H11Cl2N. The number of fused-ring (bicyclic) bond motifs is 1. The highest BCUT2D eigenvalue weighted by atomic mass is 35.5. The van der Waals surface area contributed by atoms with Crippen LogP contribution >= 0.6 is 23.2 Å². The average molecular weight is 216 g/mol. The van der Waals surface area contributed by atoms with Crippen molar-refractivity contribution < 1.29 is 0 Å². The zero-order chi connectivity index (χ0) is 9.68. The van der Waals surface area contributed by atoms with E-state index in [1.807, 2.05) is 0 Å². The van der Waals surface area contributed by atoms with E-state index in [0.29, 0.717) is 0 Å². The molecule has 0 aliphatic heterocycles. The highest BCUT2D eigenvalue weighted by Gasteiger charge is 1.92. The van der Waals surface area contributed by atoms with Gasteiger partial charge >= 0.3 is 0 Å². The van der Waals surface area contributed by atoms with Crippen molar-refractivity contribution in [2.24, 2.45) is 7.05 Å². The summed E-state index contributed by atoms with van der Waals surface area (Å²) >= 11 is 9.53. The van der Waals surface area contributed by atoms with Gasteiger partial charge in [-0.05, 0) is 17.5 Å². The summed E-state index contributed by atoms with van der Waals surface area (Å²) in [7, 11) is 2.06. The molecule has 1 heterocycles. The van der Waals surface area contributed by atoms with Gasteiger partial charge < -0.3 is 4.57 Å². The predicted molar refractivity (Wildman–Crippen MR) is 59.5 cm³/mol. The van der Waals surface area contributed by atoms with E-state index in [9.17, 15) is 0 Å². The lowest BCUT2D eigenvalue weighted by Gasteiger charge is -1.92. The maximum Gasteiger partial charge on any atom is 0.0967 e. The molecule has 0 amide bonds. The summed E-state index contributed by atoms with van der Waals surface area (Å²) in [6.07, 6.45) is 2.07. The van der Waals surface area contributed by atoms with Crippen LogP contribution < -0.4 is 0 Å². The second-order valence-electron chi connectivity index (χ2n) is 2.59. The lowest BCUT2D eigenvalue weighted by atomic mass is 10.2. The van der Waals surface area contributed by atoms with Gasteiger partial charge in [-0.1, -0.05) is 18.2 Å². The number of aromatic nitrogens is 1. The van der Waals surface area contributed by atoms with Crippen LogP contribution in [0.1, 0.15) is 0 Å². The average Bonchev–Trinajstić information content (AvgIpc) is 2.50. The topological polar surface area (TPSA) is 4.93 Å². The summed E-state index contributed by atoms with van der Waals surface area (Å²) in [5, 5.41) is 1.50. The maximum absolute atomic E-state index is 4.76. The van der Waals surface area contributed by atoms with E-state index in [1.54, 1.807) is 0 Å². The Balaban J connectivity index is 0.000000251. The van der Waals surface area contributed by atoms with Crippen molar-refractivity contribution in [2.75, 3.05) is 5.34 Å². The Morgan fingerprint density at radius 3 is 2.38 bits per heavy atom. The number of rotatable bonds is 0. The molecule has 1 aromatic carbocycles. The van der Waals surface area contributed by atoms with E-state index in [-0.39, 0.29) is 5.34 Å². The molecule has 0 radical (unpaired) electrons. The van der Waals surface area contributed by atoms with Crippen molar-refractivity contribution in [3.05, 3.63) is 36.5 Å². The molecule has 13 heavy (non-hydrogen) atoms. The molecule has 2 aromatic rings. The van der Waals surface area contributed by atoms with Gasteiger partial charge in [-0.3, -0.25) is 0 Å². The van der Waals surface area contributed by atoms with Crippen LogP contribution in [0.25, 0.3) is 10.9 Å². The van der Waals surface area contributed by atoms with Gasteiger partial charge in [-0.15, -0.1) is 23.2 Å². The van der Waals surface area contributed by atoms with Crippen LogP contribution in [0.5, 0.6) is 0 Å². The van der Waals surface area contributed by atoms with Gasteiger partial charge in [-0.2, -0.15) is 0 Å². The zero-order valence-electron chi connectivity index (χ0n) is 7.37. The fourth-order valence-corrected chi connectivity index (χ4v) is 1.22. The SMILES string of the molecule is ClCCl.Cn1ccc2ccccc21. The van der Waals surface area contributed by atoms with Gasteiger partial charge in [0, 0.05) is 18.8 Å². The Morgan fingerprint density at radius 2 is 1.77 bits per heavy atom. The third-order valence-electron chi connectivity index (χ3n) is 1.79. The first-order chi connectivity index (χ1) is 6.29. The van der Waals surface area contributed by atoms with E-state index in [4.69, 9.17) is 23.2 Å². The largest absolute Gasteiger partial charge is 0.351 e. The van der Waals surface area contributed by atoms with E-state index >= 15 is 0 Å². The number of nitrogens with zero attached hydrogens (tertiary/aromatic N) is 1. The molecule has 0 spiro atoms. The standard InChI is InChI=1S/C9H9N.CH2Cl2/c1-10-7-6-8-4-2-3-5-9(8)10;2-1-3/h2-7H,1H3;1H2. The Hall–Kier alpha value is -0.660. The molecule has 1 nitrogen and oxygen atoms in total. The Labute approximate surface area is 87.9 Å². The monoisotopic (exact) mass is 215 g/mol. The Kier molecular flexibility index (Phi) is 4.13. The first kappa shape index (κ1) is 10.4. The third-order valence-corrected chi connectivity index (χ3v) is 1.79. The predicted octanol–water partition coefficient (Wildman–Crippen LogP) is 3.60. The molecule has 0 fully saturated rings. The number of alkyl halides is 2. The molecule has 2 rings (SSSR count). The normalized spacial score (nSPS) is 9.46. The molecule has 0 saturated heterocycles. The van der Waals surface area contributed by atoms with Crippen molar-refractivity contribution in [3.63, 3.8) is 0 Å². The summed E-state index contributed by atoms with van der Waals surface area (Å²) < 4.78 is 2.12. The van der Waals surface area contributed by atoms with E-state index < -0.39 is 0 Å². The molecule has 0 unspecified atom stereocenters. The smallest absolute Gasteiger partial charge is 0.0967 e. The number of aryl methyl sites for hydroxylation is 1. The third kappa shape index (κ3) is 2.64. The van der Waals surface area contributed by atoms with Crippen LogP contribution in [0, 0.1) is 0 Å². The number of para-hydroxylation sites is 1. The molecular weight excluding hydrogens is 205 g/mol. The molecule has 0 aliphatic carbocycles. The lowest BCUT2D eigenvalue weighted by Crippen LogP contribution is -1.81. The number of benzene rings is 1. The molecule has 0 saturated carbocycles. The Morgan fingerprint density at radius 1 is 1.15 bits per heavy atom. The number of hydrogen-bond donors (Lipinski definition) is 0. The van der Waals surface area contributed by atoms with E-state index in [2.05, 4.69) is 48.1 Å². The quantitative estimate of drug-likeness (QED) is 0.593. The van der Waals surface area contributed by atoms with Crippen molar-refractivity contribution in [2.45, 2.75) is 0 Å². The summed E-state index contributed by atoms with van der Waals surface area (Å²) in [6.45, 7) is 0. The fraction of sp³-hybridized carbons (Fsp3) is 0.200. The minimum Gasteiger partial charge on any atom is -0.351 e. The lowest BCUT2D eigenvalue weighted by molar-refractivity contribution is 0.969. The molecule has 0 aliphatic rings. The van der Waals surface area contributed by atoms with Crippen LogP contribution in [0.2, 0.25) is 0 Å². The van der Waals surface area contributed by atoms with Crippen molar-refractivity contribution in [1.82, 2.24) is 4.57 Å². The van der Waals surface area contributed by atoms with Gasteiger partial charge in [0.2, 0.25) is 0 Å². The second-order valence-corrected chi connectivity index (χ2v) is 3.39. The maximum atomic E-state index is 4.76. The number of hydrogen-bond acceptors (Lipinski definition) is 0. The fourth-order valence-electron chi connectivity index (χ4n) is 1.22. The van der Waals surface area contributed by atoms with Crippen LogP contribution in [-0.2, 0) is 7.05 Å². The van der Waals surface area contributed by atoms with Gasteiger partial charge in [0.25, 0.3) is 0 Å². The van der Waals surface area contributed by atoms with Gasteiger partial charge in [0.15, 0.2) is 0 Å². The summed E-state index contributed by atoms with van der Waals surface area (Å²) in [5.41, 5.74) is 1.29. The summed E-state index contributed by atoms with van der Waals surface area (Å²) in [6, 6.07) is 10.5. The number of halogens is 2. The van der Waals surface area contributed by atoms with Crippen LogP contribution in [0.3, 0.4) is 0 Å². The van der Waals surface area contributed by atoms with E-state index in [0.717, 1.165) is 0 Å². The van der Waals surface area contributed by atoms with E-state index in [1.165, 1.54) is 10.9 Å². The van der Waals surface area contributed by atoms with Crippen LogP contribution in [-0.4, -0.2) is 9.91 Å². The van der Waals surface area contributed by atoms with Crippen molar-refractivity contribution in [1.29, 1.82) is 0 Å². The van der Waals surface area contributed by atoms with Crippen LogP contribution in [0.15, 0.2) is 36.5 Å². The Bertz CT molecular complexity index is 368. The second kappa shape index (κ2) is 5.15. The van der Waals surface area contributed by atoms with Gasteiger partial charge in [0.1, 0.15) is 0 Å². The first-order valence-corrected chi connectivity index (χ1v) is 4.98. The minimum atomic E-state index is 0.194. The minimum absolute atomic E-state index is 0.194. The molecule has 1 aromatic heterocycles. The highest BCUT2D eigenvalue weighted by Crippen LogP contribution is 2.12. The molecule has 3 heteroatoms. The van der Waals surface area contributed by atoms with Crippen molar-refractivity contribution >= 4 is 34.1 Å². The first-order valence-electron chi connectivity index (χ1n) is 3.91. The molecule has 0 N–H and O–H groups in total. The highest BCUT2D eigenvalue weighted by molar-refractivity contribution is 6.40. The van der Waals surface area contributed by atoms with Crippen LogP contribution in [0.4, 0.5) is 0 Å². The summed E-state index contributed by atoms with van der Waals surface area (Å²) in [4.78, 5) is 0. The zero-order valence-corrected chi connectivity index (χ0v) is 8.89. The molecule has 0 bridgehead atoms. The summed E-state index contributed by atoms with van der Waals surface area (Å²) in [5.74, 6) is 0. The van der Waals surface area contributed by atoms with Gasteiger partial charge in [0.05, 0.1) is 5.34 Å². The van der Waals surface area contributed by atoms with Crippen molar-refractivity contribution in [3.8, 4) is 0 Å². The molecule has 0 atom stereocenters. The molecule has 70 valence electrons. The van der Waals surface area contributed by atoms with Gasteiger partial charge in [-0.25, -0.2) is 0 Å².